The maximum atomic E-state index is 5.74. The molecule has 0 aromatic heterocycles. The fourth-order valence-corrected chi connectivity index (χ4v) is 1.17. The molecule has 0 heterocycles. The predicted octanol–water partition coefficient (Wildman–Crippen LogP) is 2.73. The molecule has 0 saturated heterocycles. The minimum Gasteiger partial charge on any atom is -0.502 e. The van der Waals surface area contributed by atoms with Gasteiger partial charge in [-0.3, -0.25) is 0 Å². The molecule has 0 radical (unpaired) electrons. The quantitative estimate of drug-likeness (QED) is 0.480. The highest BCUT2D eigenvalue weighted by molar-refractivity contribution is 6.51. The monoisotopic (exact) mass is 180 g/mol. The first-order chi connectivity index (χ1) is 4.67. The largest absolute Gasteiger partial charge is 0.502 e. The van der Waals surface area contributed by atoms with Crippen molar-refractivity contribution in [2.75, 3.05) is 6.61 Å². The lowest BCUT2D eigenvalue weighted by Crippen LogP contribution is -1.86. The Hall–Kier alpha value is 0.120. The molecule has 0 N–H and O–H groups in total. The molecule has 1 nitrogen and oxygen atoms in total. The zero-order valence-electron chi connectivity index (χ0n) is 5.81. The Labute approximate surface area is 71.0 Å². The standard InChI is InChI=1S/C7H10Cl2O/c1-2-10-4-3-6-5-7(6,8)9/h3-4,6H,2,5H2,1H3/b4-3+. The molecule has 1 rings (SSSR count). The van der Waals surface area contributed by atoms with E-state index in [1.165, 1.54) is 0 Å². The summed E-state index contributed by atoms with van der Waals surface area (Å²) in [5, 5.41) is 0. The molecule has 0 bridgehead atoms. The van der Waals surface area contributed by atoms with E-state index in [2.05, 4.69) is 0 Å². The van der Waals surface area contributed by atoms with Gasteiger partial charge in [0.05, 0.1) is 12.9 Å². The molecule has 1 unspecified atom stereocenters. The van der Waals surface area contributed by atoms with Crippen LogP contribution in [-0.4, -0.2) is 10.9 Å². The van der Waals surface area contributed by atoms with Crippen molar-refractivity contribution in [2.45, 2.75) is 17.7 Å². The highest BCUT2D eigenvalue weighted by atomic mass is 35.5. The number of ether oxygens (including phenoxy) is 1. The van der Waals surface area contributed by atoms with E-state index in [-0.39, 0.29) is 0 Å². The maximum Gasteiger partial charge on any atom is 0.125 e. The molecule has 1 fully saturated rings. The summed E-state index contributed by atoms with van der Waals surface area (Å²) in [6, 6.07) is 0. The van der Waals surface area contributed by atoms with Crippen LogP contribution in [0.4, 0.5) is 0 Å². The molecule has 1 aliphatic rings. The Morgan fingerprint density at radius 2 is 2.30 bits per heavy atom. The van der Waals surface area contributed by atoms with Gasteiger partial charge < -0.3 is 4.74 Å². The van der Waals surface area contributed by atoms with E-state index < -0.39 is 4.33 Å². The van der Waals surface area contributed by atoms with Crippen LogP contribution in [0.1, 0.15) is 13.3 Å². The van der Waals surface area contributed by atoms with Gasteiger partial charge in [-0.1, -0.05) is 0 Å². The van der Waals surface area contributed by atoms with Gasteiger partial charge in [0.1, 0.15) is 4.33 Å². The summed E-state index contributed by atoms with van der Waals surface area (Å²) in [6.45, 7) is 2.63. The molecule has 1 atom stereocenters. The van der Waals surface area contributed by atoms with Crippen LogP contribution in [0.3, 0.4) is 0 Å². The summed E-state index contributed by atoms with van der Waals surface area (Å²) in [6.07, 6.45) is 4.42. The Balaban J connectivity index is 2.17. The topological polar surface area (TPSA) is 9.23 Å². The van der Waals surface area contributed by atoms with Gasteiger partial charge >= 0.3 is 0 Å². The van der Waals surface area contributed by atoms with Crippen molar-refractivity contribution < 1.29 is 4.74 Å². The number of alkyl halides is 2. The van der Waals surface area contributed by atoms with E-state index in [1.54, 1.807) is 6.26 Å². The lowest BCUT2D eigenvalue weighted by Gasteiger charge is -1.92. The fourth-order valence-electron chi connectivity index (χ4n) is 0.690. The number of hydrogen-bond acceptors (Lipinski definition) is 1. The van der Waals surface area contributed by atoms with Gasteiger partial charge in [0.2, 0.25) is 0 Å². The van der Waals surface area contributed by atoms with Gasteiger partial charge in [-0.2, -0.15) is 0 Å². The van der Waals surface area contributed by atoms with E-state index in [0.717, 1.165) is 6.42 Å². The highest BCUT2D eigenvalue weighted by Gasteiger charge is 2.49. The second-order valence-corrected chi connectivity index (χ2v) is 3.90. The number of rotatable bonds is 3. The normalized spacial score (nSPS) is 28.9. The van der Waals surface area contributed by atoms with Gasteiger partial charge in [0, 0.05) is 5.92 Å². The molecule has 0 aliphatic heterocycles. The predicted molar refractivity (Wildman–Crippen MR) is 43.3 cm³/mol. The summed E-state index contributed by atoms with van der Waals surface area (Å²) in [7, 11) is 0. The molecule has 3 heteroatoms. The van der Waals surface area contributed by atoms with Gasteiger partial charge in [-0.15, -0.1) is 23.2 Å². The highest BCUT2D eigenvalue weighted by Crippen LogP contribution is 2.53. The maximum absolute atomic E-state index is 5.74. The van der Waals surface area contributed by atoms with Crippen LogP contribution >= 0.6 is 23.2 Å². The first-order valence-electron chi connectivity index (χ1n) is 3.33. The van der Waals surface area contributed by atoms with Crippen LogP contribution in [-0.2, 0) is 4.74 Å². The van der Waals surface area contributed by atoms with Crippen LogP contribution in [0.15, 0.2) is 12.3 Å². The summed E-state index contributed by atoms with van der Waals surface area (Å²) in [5.74, 6) is 0.294. The molecule has 1 saturated carbocycles. The number of allylic oxidation sites excluding steroid dienone is 1. The van der Waals surface area contributed by atoms with Gasteiger partial charge in [-0.05, 0) is 19.4 Å². The molecule has 0 amide bonds. The summed E-state index contributed by atoms with van der Waals surface area (Å²) in [5.41, 5.74) is 0. The smallest absolute Gasteiger partial charge is 0.125 e. The first-order valence-corrected chi connectivity index (χ1v) is 4.08. The second kappa shape index (κ2) is 3.02. The van der Waals surface area contributed by atoms with Crippen molar-refractivity contribution >= 4 is 23.2 Å². The third kappa shape index (κ3) is 2.06. The van der Waals surface area contributed by atoms with E-state index in [0.29, 0.717) is 12.5 Å². The lowest BCUT2D eigenvalue weighted by atomic mass is 10.4. The zero-order chi connectivity index (χ0) is 7.61. The molecular formula is C7H10Cl2O. The molecule has 0 spiro atoms. The van der Waals surface area contributed by atoms with Gasteiger partial charge in [0.25, 0.3) is 0 Å². The van der Waals surface area contributed by atoms with E-state index in [9.17, 15) is 0 Å². The molecule has 58 valence electrons. The van der Waals surface area contributed by atoms with Crippen LogP contribution in [0, 0.1) is 5.92 Å². The van der Waals surface area contributed by atoms with Gasteiger partial charge in [0.15, 0.2) is 0 Å². The molecular weight excluding hydrogens is 171 g/mol. The average molecular weight is 181 g/mol. The molecule has 10 heavy (non-hydrogen) atoms. The minimum atomic E-state index is -0.506. The molecule has 0 aromatic carbocycles. The lowest BCUT2D eigenvalue weighted by molar-refractivity contribution is 0.268. The molecule has 1 aliphatic carbocycles. The van der Waals surface area contributed by atoms with Gasteiger partial charge in [-0.25, -0.2) is 0 Å². The zero-order valence-corrected chi connectivity index (χ0v) is 7.32. The third-order valence-electron chi connectivity index (χ3n) is 1.45. The Bertz CT molecular complexity index is 143. The second-order valence-electron chi connectivity index (χ2n) is 2.36. The Morgan fingerprint density at radius 1 is 1.70 bits per heavy atom. The van der Waals surface area contributed by atoms with Crippen molar-refractivity contribution in [1.29, 1.82) is 0 Å². The SMILES string of the molecule is CCO/C=C/C1CC1(Cl)Cl. The van der Waals surface area contributed by atoms with Crippen molar-refractivity contribution in [1.82, 2.24) is 0 Å². The Morgan fingerprint density at radius 3 is 2.70 bits per heavy atom. The summed E-state index contributed by atoms with van der Waals surface area (Å²) >= 11 is 11.5. The van der Waals surface area contributed by atoms with Crippen molar-refractivity contribution in [3.05, 3.63) is 12.3 Å². The summed E-state index contributed by atoms with van der Waals surface area (Å²) < 4.78 is 4.47. The van der Waals surface area contributed by atoms with Crippen LogP contribution < -0.4 is 0 Å². The van der Waals surface area contributed by atoms with Crippen molar-refractivity contribution in [3.8, 4) is 0 Å². The van der Waals surface area contributed by atoms with Crippen LogP contribution in [0.25, 0.3) is 0 Å². The van der Waals surface area contributed by atoms with Crippen molar-refractivity contribution in [3.63, 3.8) is 0 Å². The van der Waals surface area contributed by atoms with E-state index in [1.807, 2.05) is 13.0 Å². The van der Waals surface area contributed by atoms with Crippen molar-refractivity contribution in [2.24, 2.45) is 5.92 Å². The average Bonchev–Trinajstić information content (AvgIpc) is 2.41. The minimum absolute atomic E-state index is 0.294. The molecule has 0 aromatic rings. The van der Waals surface area contributed by atoms with Crippen LogP contribution in [0.2, 0.25) is 0 Å². The van der Waals surface area contributed by atoms with Crippen LogP contribution in [0.5, 0.6) is 0 Å². The van der Waals surface area contributed by atoms with E-state index in [4.69, 9.17) is 27.9 Å². The first kappa shape index (κ1) is 8.22. The van der Waals surface area contributed by atoms with E-state index >= 15 is 0 Å². The number of hydrogen-bond donors (Lipinski definition) is 0. The number of halogens is 2. The Kier molecular flexibility index (Phi) is 2.48. The summed E-state index contributed by atoms with van der Waals surface area (Å²) in [4.78, 5) is 0. The fraction of sp³-hybridized carbons (Fsp3) is 0.714. The third-order valence-corrected chi connectivity index (χ3v) is 2.32.